The molecule has 2 atom stereocenters. The summed E-state index contributed by atoms with van der Waals surface area (Å²) >= 11 is 0. The van der Waals surface area contributed by atoms with E-state index in [1.165, 1.54) is 12.8 Å². The number of aryl methyl sites for hydroxylation is 2. The Morgan fingerprint density at radius 2 is 1.57 bits per heavy atom. The number of carbonyl (C=O) groups is 1. The smallest absolute Gasteiger partial charge is 0.254 e. The fourth-order valence-electron chi connectivity index (χ4n) is 3.85. The predicted octanol–water partition coefficient (Wildman–Crippen LogP) is 3.26. The third-order valence-electron chi connectivity index (χ3n) is 5.13. The maximum absolute atomic E-state index is 13.1. The van der Waals surface area contributed by atoms with Gasteiger partial charge in [0.2, 0.25) is 0 Å². The summed E-state index contributed by atoms with van der Waals surface area (Å²) in [7, 11) is 7.85. The van der Waals surface area contributed by atoms with Gasteiger partial charge in [-0.05, 0) is 64.0 Å². The first-order valence-electron chi connectivity index (χ1n) is 8.45. The van der Waals surface area contributed by atoms with Crippen LogP contribution in [-0.2, 0) is 0 Å². The van der Waals surface area contributed by atoms with E-state index in [2.05, 4.69) is 19.0 Å². The fraction of sp³-hybridized carbons (Fsp3) is 0.632. The van der Waals surface area contributed by atoms with Crippen LogP contribution in [0.4, 0.5) is 0 Å². The normalized spacial score (nSPS) is 21.3. The third kappa shape index (κ3) is 3.69. The number of hydrogen-bond donors (Lipinski definition) is 0. The molecule has 2 unspecified atom stereocenters. The van der Waals surface area contributed by atoms with Crippen LogP contribution in [0.3, 0.4) is 0 Å². The van der Waals surface area contributed by atoms with E-state index in [-0.39, 0.29) is 11.9 Å². The number of ether oxygens (including phenoxy) is 1. The van der Waals surface area contributed by atoms with Crippen molar-refractivity contribution < 1.29 is 9.53 Å². The van der Waals surface area contributed by atoms with Gasteiger partial charge in [-0.15, -0.1) is 0 Å². The molecule has 0 aromatic heterocycles. The van der Waals surface area contributed by atoms with Crippen LogP contribution in [0.25, 0.3) is 0 Å². The average Bonchev–Trinajstić information content (AvgIpc) is 2.53. The first-order chi connectivity index (χ1) is 10.9. The molecule has 0 saturated heterocycles. The second-order valence-corrected chi connectivity index (χ2v) is 6.94. The molecule has 1 fully saturated rings. The van der Waals surface area contributed by atoms with Gasteiger partial charge in [-0.25, -0.2) is 0 Å². The molecule has 0 heterocycles. The molecule has 0 spiro atoms. The van der Waals surface area contributed by atoms with Crippen molar-refractivity contribution in [2.45, 2.75) is 51.6 Å². The number of nitrogens with zero attached hydrogens (tertiary/aromatic N) is 2. The lowest BCUT2D eigenvalue weighted by Crippen LogP contribution is -2.52. The van der Waals surface area contributed by atoms with Crippen LogP contribution >= 0.6 is 0 Å². The molecule has 1 aliphatic carbocycles. The van der Waals surface area contributed by atoms with Gasteiger partial charge in [0, 0.05) is 24.7 Å². The maximum atomic E-state index is 13.1. The van der Waals surface area contributed by atoms with Gasteiger partial charge in [0.05, 0.1) is 7.11 Å². The van der Waals surface area contributed by atoms with Crippen LogP contribution < -0.4 is 4.74 Å². The van der Waals surface area contributed by atoms with Gasteiger partial charge in [0.25, 0.3) is 5.91 Å². The minimum absolute atomic E-state index is 0.126. The van der Waals surface area contributed by atoms with Crippen molar-refractivity contribution in [3.8, 4) is 5.75 Å². The summed E-state index contributed by atoms with van der Waals surface area (Å²) < 4.78 is 5.30. The summed E-state index contributed by atoms with van der Waals surface area (Å²) in [5, 5.41) is 0. The van der Waals surface area contributed by atoms with Crippen LogP contribution in [0, 0.1) is 13.8 Å². The number of amides is 1. The molecule has 1 amide bonds. The highest BCUT2D eigenvalue weighted by molar-refractivity contribution is 5.97. The van der Waals surface area contributed by atoms with Gasteiger partial charge >= 0.3 is 0 Å². The number of carbonyl (C=O) groups excluding carboxylic acids is 1. The first-order valence-corrected chi connectivity index (χ1v) is 8.45. The Balaban J connectivity index is 2.29. The minimum atomic E-state index is 0.126. The van der Waals surface area contributed by atoms with Crippen molar-refractivity contribution in [3.63, 3.8) is 0 Å². The Kier molecular flexibility index (Phi) is 5.69. The van der Waals surface area contributed by atoms with E-state index in [4.69, 9.17) is 4.74 Å². The highest BCUT2D eigenvalue weighted by Gasteiger charge is 2.33. The van der Waals surface area contributed by atoms with Gasteiger partial charge in [0.15, 0.2) is 0 Å². The zero-order valence-corrected chi connectivity index (χ0v) is 15.3. The molecule has 128 valence electrons. The monoisotopic (exact) mass is 318 g/mol. The van der Waals surface area contributed by atoms with Crippen molar-refractivity contribution >= 4 is 5.91 Å². The zero-order valence-electron chi connectivity index (χ0n) is 15.3. The quantitative estimate of drug-likeness (QED) is 0.854. The van der Waals surface area contributed by atoms with Crippen LogP contribution in [-0.4, -0.2) is 56.0 Å². The molecule has 0 aliphatic heterocycles. The number of benzene rings is 1. The van der Waals surface area contributed by atoms with E-state index >= 15 is 0 Å². The molecule has 0 bridgehead atoms. The summed E-state index contributed by atoms with van der Waals surface area (Å²) in [6.45, 7) is 3.97. The van der Waals surface area contributed by atoms with Gasteiger partial charge in [-0.1, -0.05) is 12.8 Å². The molecule has 4 heteroatoms. The second-order valence-electron chi connectivity index (χ2n) is 6.94. The van der Waals surface area contributed by atoms with Crippen molar-refractivity contribution in [3.05, 3.63) is 28.8 Å². The average molecular weight is 318 g/mol. The van der Waals surface area contributed by atoms with Gasteiger partial charge in [0.1, 0.15) is 5.75 Å². The number of rotatable bonds is 4. The van der Waals surface area contributed by atoms with Crippen LogP contribution in [0.1, 0.15) is 47.2 Å². The van der Waals surface area contributed by atoms with Gasteiger partial charge < -0.3 is 14.5 Å². The largest absolute Gasteiger partial charge is 0.497 e. The van der Waals surface area contributed by atoms with E-state index in [0.29, 0.717) is 6.04 Å². The van der Waals surface area contributed by atoms with Crippen LogP contribution in [0.2, 0.25) is 0 Å². The summed E-state index contributed by atoms with van der Waals surface area (Å²) in [5.41, 5.74) is 2.78. The molecule has 0 radical (unpaired) electrons. The zero-order chi connectivity index (χ0) is 17.1. The summed E-state index contributed by atoms with van der Waals surface area (Å²) in [5.74, 6) is 0.935. The number of hydrogen-bond acceptors (Lipinski definition) is 3. The molecule has 2 rings (SSSR count). The highest BCUT2D eigenvalue weighted by atomic mass is 16.5. The van der Waals surface area contributed by atoms with E-state index in [9.17, 15) is 4.79 Å². The molecular weight excluding hydrogens is 288 g/mol. The lowest BCUT2D eigenvalue weighted by molar-refractivity contribution is 0.0543. The van der Waals surface area contributed by atoms with E-state index < -0.39 is 0 Å². The number of methoxy groups -OCH3 is 1. The Morgan fingerprint density at radius 1 is 1.04 bits per heavy atom. The van der Waals surface area contributed by atoms with Gasteiger partial charge in [-0.2, -0.15) is 0 Å². The summed E-state index contributed by atoms with van der Waals surface area (Å²) in [6.07, 6.45) is 4.70. The standard InChI is InChI=1S/C19H30N2O2/c1-13-11-15(23-6)12-14(2)18(13)19(22)21(5)17-10-8-7-9-16(17)20(3)4/h11-12,16-17H,7-10H2,1-6H3. The van der Waals surface area contributed by atoms with Crippen LogP contribution in [0.15, 0.2) is 12.1 Å². The Labute approximate surface area is 140 Å². The molecule has 1 aliphatic rings. The molecule has 1 saturated carbocycles. The lowest BCUT2D eigenvalue weighted by Gasteiger charge is -2.41. The van der Waals surface area contributed by atoms with Crippen molar-refractivity contribution in [2.24, 2.45) is 0 Å². The topological polar surface area (TPSA) is 32.8 Å². The van der Waals surface area contributed by atoms with E-state index in [1.54, 1.807) is 7.11 Å². The Bertz CT molecular complexity index is 545. The molecule has 1 aromatic carbocycles. The van der Waals surface area contributed by atoms with Crippen molar-refractivity contribution in [2.75, 3.05) is 28.3 Å². The third-order valence-corrected chi connectivity index (χ3v) is 5.13. The maximum Gasteiger partial charge on any atom is 0.254 e. The SMILES string of the molecule is COc1cc(C)c(C(=O)N(C)C2CCCCC2N(C)C)c(C)c1. The van der Waals surface area contributed by atoms with E-state index in [1.807, 2.05) is 37.9 Å². The molecule has 23 heavy (non-hydrogen) atoms. The van der Waals surface area contributed by atoms with Crippen molar-refractivity contribution in [1.82, 2.24) is 9.80 Å². The van der Waals surface area contributed by atoms with Crippen molar-refractivity contribution in [1.29, 1.82) is 0 Å². The fourth-order valence-corrected chi connectivity index (χ4v) is 3.85. The lowest BCUT2D eigenvalue weighted by atomic mass is 9.88. The number of likely N-dealkylation sites (N-methyl/N-ethyl adjacent to an activating group) is 2. The van der Waals surface area contributed by atoms with Crippen LogP contribution in [0.5, 0.6) is 5.75 Å². The summed E-state index contributed by atoms with van der Waals surface area (Å²) in [4.78, 5) is 17.3. The molecular formula is C19H30N2O2. The first kappa shape index (κ1) is 17.8. The predicted molar refractivity (Wildman–Crippen MR) is 94.3 cm³/mol. The minimum Gasteiger partial charge on any atom is -0.497 e. The molecule has 1 aromatic rings. The molecule has 4 nitrogen and oxygen atoms in total. The highest BCUT2D eigenvalue weighted by Crippen LogP contribution is 2.28. The van der Waals surface area contributed by atoms with E-state index in [0.717, 1.165) is 35.3 Å². The molecule has 0 N–H and O–H groups in total. The Morgan fingerprint density at radius 3 is 2.04 bits per heavy atom. The second kappa shape index (κ2) is 7.35. The van der Waals surface area contributed by atoms with Gasteiger partial charge in [-0.3, -0.25) is 4.79 Å². The summed E-state index contributed by atoms with van der Waals surface area (Å²) in [6, 6.07) is 4.61. The Hall–Kier alpha value is -1.55.